The number of nitrogens with zero attached hydrogens (tertiary/aromatic N) is 3. The van der Waals surface area contributed by atoms with Crippen LogP contribution in [0.1, 0.15) is 13.8 Å². The summed E-state index contributed by atoms with van der Waals surface area (Å²) in [6.07, 6.45) is 1.69. The van der Waals surface area contributed by atoms with Gasteiger partial charge in [-0.05, 0) is 29.8 Å². The molecule has 0 aliphatic carbocycles. The van der Waals surface area contributed by atoms with Crippen LogP contribution in [-0.2, 0) is 0 Å². The van der Waals surface area contributed by atoms with Crippen molar-refractivity contribution in [2.75, 3.05) is 24.4 Å². The Morgan fingerprint density at radius 1 is 1.56 bits per heavy atom. The molecule has 1 aromatic heterocycles. The molecule has 0 spiro atoms. The maximum absolute atomic E-state index is 5.76. The van der Waals surface area contributed by atoms with Crippen LogP contribution >= 0.6 is 27.5 Å². The lowest BCUT2D eigenvalue weighted by Crippen LogP contribution is -2.34. The van der Waals surface area contributed by atoms with E-state index in [0.717, 1.165) is 4.47 Å². The highest BCUT2D eigenvalue weighted by atomic mass is 79.9. The minimum absolute atomic E-state index is 0.296. The lowest BCUT2D eigenvalue weighted by atomic mass is 10.3. The summed E-state index contributed by atoms with van der Waals surface area (Å²) in [5.41, 5.74) is 0. The first-order chi connectivity index (χ1) is 7.60. The van der Waals surface area contributed by atoms with E-state index in [1.165, 1.54) is 0 Å². The number of alkyl halides is 1. The van der Waals surface area contributed by atoms with Gasteiger partial charge in [0, 0.05) is 18.5 Å². The van der Waals surface area contributed by atoms with E-state index in [-0.39, 0.29) is 0 Å². The minimum Gasteiger partial charge on any atom is -0.480 e. The lowest BCUT2D eigenvalue weighted by molar-refractivity contribution is 0.393. The molecule has 1 rings (SSSR count). The normalized spacial score (nSPS) is 10.6. The molecule has 4 nitrogen and oxygen atoms in total. The van der Waals surface area contributed by atoms with Crippen LogP contribution in [0.5, 0.6) is 5.88 Å². The Kier molecular flexibility index (Phi) is 5.28. The maximum atomic E-state index is 5.76. The molecular formula is C10H15BrClN3O. The molecule has 1 aromatic rings. The molecule has 0 atom stereocenters. The molecule has 0 saturated carbocycles. The summed E-state index contributed by atoms with van der Waals surface area (Å²) in [6.45, 7) is 4.86. The first kappa shape index (κ1) is 13.5. The number of anilines is 1. The average molecular weight is 309 g/mol. The van der Waals surface area contributed by atoms with Gasteiger partial charge in [-0.1, -0.05) is 0 Å². The number of methoxy groups -OCH3 is 1. The summed E-state index contributed by atoms with van der Waals surface area (Å²) in [5.74, 6) is 1.71. The quantitative estimate of drug-likeness (QED) is 0.784. The topological polar surface area (TPSA) is 38.2 Å². The van der Waals surface area contributed by atoms with Crippen molar-refractivity contribution in [3.63, 3.8) is 0 Å². The van der Waals surface area contributed by atoms with E-state index in [1.54, 1.807) is 13.3 Å². The predicted octanol–water partition coefficient (Wildman–Crippen LogP) is 2.70. The van der Waals surface area contributed by atoms with Crippen LogP contribution in [0.25, 0.3) is 0 Å². The molecule has 0 fully saturated rings. The number of hydrogen-bond donors (Lipinski definition) is 0. The minimum atomic E-state index is 0.296. The summed E-state index contributed by atoms with van der Waals surface area (Å²) >= 11 is 9.08. The van der Waals surface area contributed by atoms with Crippen molar-refractivity contribution >= 4 is 33.5 Å². The summed E-state index contributed by atoms with van der Waals surface area (Å²) < 4.78 is 5.88. The number of aromatic nitrogens is 2. The molecule has 16 heavy (non-hydrogen) atoms. The van der Waals surface area contributed by atoms with Crippen LogP contribution in [0, 0.1) is 0 Å². The number of rotatable bonds is 5. The zero-order chi connectivity index (χ0) is 12.1. The highest BCUT2D eigenvalue weighted by molar-refractivity contribution is 9.10. The Morgan fingerprint density at radius 2 is 2.25 bits per heavy atom. The molecule has 0 aromatic carbocycles. The molecule has 0 aliphatic heterocycles. The van der Waals surface area contributed by atoms with Gasteiger partial charge in [0.15, 0.2) is 0 Å². The van der Waals surface area contributed by atoms with Gasteiger partial charge in [-0.25, -0.2) is 4.98 Å². The fourth-order valence-corrected chi connectivity index (χ4v) is 1.84. The highest BCUT2D eigenvalue weighted by Crippen LogP contribution is 2.24. The largest absolute Gasteiger partial charge is 0.480 e. The maximum Gasteiger partial charge on any atom is 0.232 e. The van der Waals surface area contributed by atoms with Crippen LogP contribution in [0.4, 0.5) is 5.95 Å². The van der Waals surface area contributed by atoms with Crippen LogP contribution in [0.3, 0.4) is 0 Å². The van der Waals surface area contributed by atoms with Gasteiger partial charge < -0.3 is 9.64 Å². The van der Waals surface area contributed by atoms with Crippen molar-refractivity contribution in [3.8, 4) is 5.88 Å². The second-order valence-electron chi connectivity index (χ2n) is 3.50. The third kappa shape index (κ3) is 3.22. The SMILES string of the molecule is COc1nc(N(CCCl)C(C)C)ncc1Br. The fraction of sp³-hybridized carbons (Fsp3) is 0.600. The van der Waals surface area contributed by atoms with Gasteiger partial charge in [-0.15, -0.1) is 11.6 Å². The summed E-state index contributed by atoms with van der Waals surface area (Å²) in [7, 11) is 1.58. The zero-order valence-corrected chi connectivity index (χ0v) is 11.9. The molecule has 0 aliphatic rings. The van der Waals surface area contributed by atoms with Gasteiger partial charge in [0.1, 0.15) is 0 Å². The number of hydrogen-bond acceptors (Lipinski definition) is 4. The Balaban J connectivity index is 3.00. The third-order valence-corrected chi connectivity index (χ3v) is 2.81. The van der Waals surface area contributed by atoms with E-state index in [2.05, 4.69) is 39.7 Å². The van der Waals surface area contributed by atoms with E-state index < -0.39 is 0 Å². The monoisotopic (exact) mass is 307 g/mol. The van der Waals surface area contributed by atoms with Crippen molar-refractivity contribution < 1.29 is 4.74 Å². The molecule has 6 heteroatoms. The number of ether oxygens (including phenoxy) is 1. The smallest absolute Gasteiger partial charge is 0.232 e. The van der Waals surface area contributed by atoms with E-state index in [4.69, 9.17) is 16.3 Å². The third-order valence-electron chi connectivity index (χ3n) is 2.10. The van der Waals surface area contributed by atoms with Crippen molar-refractivity contribution in [1.29, 1.82) is 0 Å². The molecule has 0 N–H and O–H groups in total. The van der Waals surface area contributed by atoms with E-state index in [0.29, 0.717) is 30.3 Å². The van der Waals surface area contributed by atoms with Crippen LogP contribution in [0.15, 0.2) is 10.7 Å². The van der Waals surface area contributed by atoms with Crippen LogP contribution in [-0.4, -0.2) is 35.5 Å². The lowest BCUT2D eigenvalue weighted by Gasteiger charge is -2.25. The Hall–Kier alpha value is -0.550. The van der Waals surface area contributed by atoms with Crippen LogP contribution < -0.4 is 9.64 Å². The van der Waals surface area contributed by atoms with Gasteiger partial charge in [0.05, 0.1) is 17.8 Å². The summed E-state index contributed by atoms with van der Waals surface area (Å²) in [5, 5.41) is 0. The zero-order valence-electron chi connectivity index (χ0n) is 9.57. The molecule has 0 bridgehead atoms. The molecule has 0 radical (unpaired) electrons. The van der Waals surface area contributed by atoms with E-state index in [1.807, 2.05) is 4.90 Å². The Labute approximate surface area is 109 Å². The van der Waals surface area contributed by atoms with E-state index in [9.17, 15) is 0 Å². The second-order valence-corrected chi connectivity index (χ2v) is 4.74. The molecule has 0 amide bonds. The molecule has 0 unspecified atom stereocenters. The Morgan fingerprint density at radius 3 is 2.75 bits per heavy atom. The molecular weight excluding hydrogens is 293 g/mol. The first-order valence-corrected chi connectivity index (χ1v) is 6.32. The van der Waals surface area contributed by atoms with Crippen molar-refractivity contribution in [1.82, 2.24) is 9.97 Å². The molecule has 0 saturated heterocycles. The fourth-order valence-electron chi connectivity index (χ4n) is 1.30. The summed E-state index contributed by atoms with van der Waals surface area (Å²) in [6, 6.07) is 0.296. The van der Waals surface area contributed by atoms with Crippen molar-refractivity contribution in [2.24, 2.45) is 0 Å². The predicted molar refractivity (Wildman–Crippen MR) is 69.5 cm³/mol. The van der Waals surface area contributed by atoms with E-state index >= 15 is 0 Å². The first-order valence-electron chi connectivity index (χ1n) is 4.99. The van der Waals surface area contributed by atoms with Crippen molar-refractivity contribution in [2.45, 2.75) is 19.9 Å². The number of halogens is 2. The second kappa shape index (κ2) is 6.25. The van der Waals surface area contributed by atoms with Gasteiger partial charge in [-0.2, -0.15) is 4.98 Å². The average Bonchev–Trinajstić information content (AvgIpc) is 2.26. The van der Waals surface area contributed by atoms with Gasteiger partial charge in [-0.3, -0.25) is 0 Å². The Bertz CT molecular complexity index is 349. The van der Waals surface area contributed by atoms with Crippen molar-refractivity contribution in [3.05, 3.63) is 10.7 Å². The highest BCUT2D eigenvalue weighted by Gasteiger charge is 2.14. The molecule has 90 valence electrons. The van der Waals surface area contributed by atoms with Gasteiger partial charge in [0.2, 0.25) is 11.8 Å². The molecule has 1 heterocycles. The van der Waals surface area contributed by atoms with Gasteiger partial charge in [0.25, 0.3) is 0 Å². The van der Waals surface area contributed by atoms with Crippen LogP contribution in [0.2, 0.25) is 0 Å². The standard InChI is InChI=1S/C10H15BrClN3O/c1-7(2)15(5-4-12)10-13-6-8(11)9(14-10)16-3/h6-7H,4-5H2,1-3H3. The summed E-state index contributed by atoms with van der Waals surface area (Å²) in [4.78, 5) is 10.6. The van der Waals surface area contributed by atoms with Gasteiger partial charge >= 0.3 is 0 Å².